The number of allylic oxidation sites excluding steroid dienone is 2. The number of hydrogen-bond acceptors (Lipinski definition) is 5. The van der Waals surface area contributed by atoms with Crippen LogP contribution in [0.5, 0.6) is 0 Å². The summed E-state index contributed by atoms with van der Waals surface area (Å²) >= 11 is 0. The van der Waals surface area contributed by atoms with Gasteiger partial charge in [0.05, 0.1) is 19.8 Å². The molecule has 3 unspecified atom stereocenters. The molecule has 1 aromatic carbocycles. The summed E-state index contributed by atoms with van der Waals surface area (Å²) < 4.78 is 4.61. The molecule has 5 heteroatoms. The molecular weight excluding hydrogens is 356 g/mol. The quantitative estimate of drug-likeness (QED) is 0.385. The van der Waals surface area contributed by atoms with Crippen LogP contribution in [-0.2, 0) is 19.7 Å². The van der Waals surface area contributed by atoms with Gasteiger partial charge in [-0.1, -0.05) is 50.3 Å². The molecule has 0 radical (unpaired) electrons. The third-order valence-electron chi connectivity index (χ3n) is 5.68. The van der Waals surface area contributed by atoms with Gasteiger partial charge in [-0.3, -0.25) is 9.59 Å². The number of methoxy groups -OCH3 is 1. The van der Waals surface area contributed by atoms with Crippen molar-refractivity contribution >= 4 is 11.8 Å². The number of carbonyl (C=O) groups excluding carboxylic acids is 2. The molecule has 2 N–H and O–H groups in total. The third-order valence-corrected chi connectivity index (χ3v) is 5.68. The molecule has 5 nitrogen and oxygen atoms in total. The number of hydrogen-bond donors (Lipinski definition) is 2. The molecule has 3 atom stereocenters. The number of benzene rings is 1. The van der Waals surface area contributed by atoms with Crippen molar-refractivity contribution in [2.24, 2.45) is 5.92 Å². The first-order valence-electron chi connectivity index (χ1n) is 9.94. The van der Waals surface area contributed by atoms with Crippen molar-refractivity contribution in [1.29, 1.82) is 0 Å². The van der Waals surface area contributed by atoms with Crippen molar-refractivity contribution < 1.29 is 24.5 Å². The van der Waals surface area contributed by atoms with E-state index in [-0.39, 0.29) is 42.0 Å². The molecule has 2 rings (SSSR count). The average Bonchev–Trinajstić information content (AvgIpc) is 2.97. The minimum absolute atomic E-state index is 0.0558. The maximum Gasteiger partial charge on any atom is 0.305 e. The van der Waals surface area contributed by atoms with E-state index in [0.29, 0.717) is 12.8 Å². The number of Topliss-reactive ketones (excluding diaryl/α,β-unsaturated/α-hetero) is 1. The van der Waals surface area contributed by atoms with Gasteiger partial charge in [0.2, 0.25) is 0 Å². The molecular formula is C23H32O5. The monoisotopic (exact) mass is 388 g/mol. The van der Waals surface area contributed by atoms with E-state index in [4.69, 9.17) is 0 Å². The van der Waals surface area contributed by atoms with Crippen LogP contribution in [0.1, 0.15) is 63.0 Å². The van der Waals surface area contributed by atoms with Crippen LogP contribution in [0.4, 0.5) is 0 Å². The zero-order chi connectivity index (χ0) is 20.7. The molecule has 1 saturated carbocycles. The molecule has 28 heavy (non-hydrogen) atoms. The highest BCUT2D eigenvalue weighted by Crippen LogP contribution is 2.40. The van der Waals surface area contributed by atoms with Gasteiger partial charge < -0.3 is 14.9 Å². The summed E-state index contributed by atoms with van der Waals surface area (Å²) in [5, 5.41) is 20.0. The predicted octanol–water partition coefficient (Wildman–Crippen LogP) is 3.28. The Hall–Kier alpha value is -1.98. The number of rotatable bonds is 9. The average molecular weight is 389 g/mol. The van der Waals surface area contributed by atoms with Crippen LogP contribution in [-0.4, -0.2) is 41.8 Å². The Morgan fingerprint density at radius 3 is 2.54 bits per heavy atom. The van der Waals surface area contributed by atoms with Crippen LogP contribution >= 0.6 is 0 Å². The van der Waals surface area contributed by atoms with E-state index >= 15 is 0 Å². The topological polar surface area (TPSA) is 83.8 Å². The minimum atomic E-state index is -0.665. The van der Waals surface area contributed by atoms with E-state index in [1.807, 2.05) is 50.3 Å². The van der Waals surface area contributed by atoms with Gasteiger partial charge in [0.15, 0.2) is 0 Å². The van der Waals surface area contributed by atoms with Crippen molar-refractivity contribution in [2.45, 2.75) is 63.4 Å². The SMILES string of the molecule is COC(=O)CCC/C=C/CC1C(=O)CC(O)C1c1ccc(C(C)(C)CO)cc1. The fourth-order valence-electron chi connectivity index (χ4n) is 3.76. The van der Waals surface area contributed by atoms with Crippen molar-refractivity contribution in [3.63, 3.8) is 0 Å². The van der Waals surface area contributed by atoms with Gasteiger partial charge in [0.1, 0.15) is 5.78 Å². The van der Waals surface area contributed by atoms with Gasteiger partial charge in [-0.25, -0.2) is 0 Å². The number of esters is 1. The number of carbonyl (C=O) groups is 2. The number of aliphatic hydroxyl groups excluding tert-OH is 2. The summed E-state index contributed by atoms with van der Waals surface area (Å²) in [7, 11) is 1.38. The van der Waals surface area contributed by atoms with Crippen LogP contribution in [0.25, 0.3) is 0 Å². The molecule has 0 amide bonds. The molecule has 0 heterocycles. The van der Waals surface area contributed by atoms with E-state index < -0.39 is 6.10 Å². The van der Waals surface area contributed by atoms with E-state index in [0.717, 1.165) is 24.0 Å². The second-order valence-electron chi connectivity index (χ2n) is 8.21. The zero-order valence-corrected chi connectivity index (χ0v) is 17.1. The van der Waals surface area contributed by atoms with E-state index in [2.05, 4.69) is 4.74 Å². The second kappa shape index (κ2) is 9.99. The van der Waals surface area contributed by atoms with Gasteiger partial charge >= 0.3 is 5.97 Å². The first kappa shape index (κ1) is 22.3. The molecule has 0 bridgehead atoms. The highest BCUT2D eigenvalue weighted by atomic mass is 16.5. The van der Waals surface area contributed by atoms with Crippen LogP contribution in [0, 0.1) is 5.92 Å². The van der Waals surface area contributed by atoms with Crippen molar-refractivity contribution in [3.8, 4) is 0 Å². The van der Waals surface area contributed by atoms with Crippen LogP contribution in [0.2, 0.25) is 0 Å². The third kappa shape index (κ3) is 5.52. The van der Waals surface area contributed by atoms with Gasteiger partial charge in [0, 0.05) is 30.1 Å². The van der Waals surface area contributed by atoms with Gasteiger partial charge in [-0.2, -0.15) is 0 Å². The number of unbranched alkanes of at least 4 members (excludes halogenated alkanes) is 1. The first-order chi connectivity index (χ1) is 13.3. The number of aliphatic hydroxyl groups is 2. The molecule has 1 fully saturated rings. The van der Waals surface area contributed by atoms with E-state index in [1.54, 1.807) is 0 Å². The van der Waals surface area contributed by atoms with Gasteiger partial charge in [-0.15, -0.1) is 0 Å². The highest BCUT2D eigenvalue weighted by Gasteiger charge is 2.41. The Labute approximate surface area is 167 Å². The molecule has 1 aliphatic rings. The minimum Gasteiger partial charge on any atom is -0.469 e. The molecule has 0 aliphatic heterocycles. The summed E-state index contributed by atoms with van der Waals surface area (Å²) in [5.41, 5.74) is 1.66. The standard InChI is InChI=1S/C23H32O5/c1-23(2,15-24)17-12-10-16(11-13-17)22-18(19(25)14-20(22)26)8-6-4-5-7-9-21(27)28-3/h4,6,10-13,18,20,22,24,26H,5,7-9,14-15H2,1-3H3/b6-4+. The maximum absolute atomic E-state index is 12.4. The summed E-state index contributed by atoms with van der Waals surface area (Å²) in [6, 6.07) is 7.88. The predicted molar refractivity (Wildman–Crippen MR) is 108 cm³/mol. The summed E-state index contributed by atoms with van der Waals surface area (Å²) in [4.78, 5) is 23.5. The Bertz CT molecular complexity index is 689. The normalized spacial score (nSPS) is 22.8. The Balaban J connectivity index is 2.02. The lowest BCUT2D eigenvalue weighted by Gasteiger charge is -2.25. The Kier molecular flexibility index (Phi) is 7.96. The van der Waals surface area contributed by atoms with E-state index in [9.17, 15) is 19.8 Å². The molecule has 1 aromatic rings. The van der Waals surface area contributed by atoms with Crippen LogP contribution in [0.15, 0.2) is 36.4 Å². The summed E-state index contributed by atoms with van der Waals surface area (Å²) in [5.74, 6) is -0.561. The van der Waals surface area contributed by atoms with Crippen molar-refractivity contribution in [2.75, 3.05) is 13.7 Å². The molecule has 0 spiro atoms. The molecule has 0 saturated heterocycles. The Morgan fingerprint density at radius 2 is 1.93 bits per heavy atom. The molecule has 154 valence electrons. The van der Waals surface area contributed by atoms with Crippen LogP contribution < -0.4 is 0 Å². The molecule has 0 aromatic heterocycles. The smallest absolute Gasteiger partial charge is 0.305 e. The van der Waals surface area contributed by atoms with E-state index in [1.165, 1.54) is 7.11 Å². The highest BCUT2D eigenvalue weighted by molar-refractivity contribution is 5.85. The lowest BCUT2D eigenvalue weighted by molar-refractivity contribution is -0.140. The van der Waals surface area contributed by atoms with Crippen molar-refractivity contribution in [1.82, 2.24) is 0 Å². The first-order valence-corrected chi connectivity index (χ1v) is 9.94. The number of ether oxygens (including phenoxy) is 1. The fraction of sp³-hybridized carbons (Fsp3) is 0.565. The Morgan fingerprint density at radius 1 is 1.25 bits per heavy atom. The summed E-state index contributed by atoms with van der Waals surface area (Å²) in [6.07, 6.45) is 5.95. The second-order valence-corrected chi connectivity index (χ2v) is 8.21. The zero-order valence-electron chi connectivity index (χ0n) is 17.1. The largest absolute Gasteiger partial charge is 0.469 e. The van der Waals surface area contributed by atoms with Crippen LogP contribution in [0.3, 0.4) is 0 Å². The number of ketones is 1. The van der Waals surface area contributed by atoms with Crippen molar-refractivity contribution in [3.05, 3.63) is 47.5 Å². The molecule has 1 aliphatic carbocycles. The maximum atomic E-state index is 12.4. The summed E-state index contributed by atoms with van der Waals surface area (Å²) in [6.45, 7) is 4.01. The van der Waals surface area contributed by atoms with Gasteiger partial charge in [-0.05, 0) is 30.4 Å². The fourth-order valence-corrected chi connectivity index (χ4v) is 3.76. The lowest BCUT2D eigenvalue weighted by atomic mass is 9.81. The van der Waals surface area contributed by atoms with Gasteiger partial charge in [0.25, 0.3) is 0 Å². The lowest BCUT2D eigenvalue weighted by Crippen LogP contribution is -2.22.